The van der Waals surface area contributed by atoms with Crippen molar-refractivity contribution in [2.75, 3.05) is 13.2 Å². The van der Waals surface area contributed by atoms with Gasteiger partial charge < -0.3 is 9.47 Å². The van der Waals surface area contributed by atoms with Crippen LogP contribution in [0.2, 0.25) is 0 Å². The Balaban J connectivity index is 2.30. The Labute approximate surface area is 122 Å². The van der Waals surface area contributed by atoms with Crippen molar-refractivity contribution in [1.82, 2.24) is 4.90 Å². The fraction of sp³-hybridized carbons (Fsp3) is 0.533. The van der Waals surface area contributed by atoms with Gasteiger partial charge in [0.05, 0.1) is 0 Å². The molecular weight excluding hydrogens is 280 g/mol. The summed E-state index contributed by atoms with van der Waals surface area (Å²) in [5.41, 5.74) is -1.53. The highest BCUT2D eigenvalue weighted by molar-refractivity contribution is 5.70. The lowest BCUT2D eigenvalue weighted by Gasteiger charge is -2.31. The molecule has 0 aromatic heterocycles. The third-order valence-electron chi connectivity index (χ3n) is 3.10. The smallest absolute Gasteiger partial charge is 0.412 e. The molecule has 1 heterocycles. The molecule has 1 unspecified atom stereocenters. The topological polar surface area (TPSA) is 42.1 Å². The molecular formula is C15H19F2NO3. The first kappa shape index (κ1) is 15.7. The summed E-state index contributed by atoms with van der Waals surface area (Å²) in [6.45, 7) is 7.49. The fourth-order valence-electron chi connectivity index (χ4n) is 2.18. The number of hydrogen-bond donors (Lipinski definition) is 0. The minimum atomic E-state index is -1.14. The summed E-state index contributed by atoms with van der Waals surface area (Å²) < 4.78 is 37.5. The van der Waals surface area contributed by atoms with Crippen LogP contribution in [0.1, 0.15) is 33.3 Å². The zero-order valence-electron chi connectivity index (χ0n) is 12.6. The van der Waals surface area contributed by atoms with Gasteiger partial charge in [-0.1, -0.05) is 0 Å². The van der Waals surface area contributed by atoms with E-state index in [2.05, 4.69) is 0 Å². The number of carbonyl (C=O) groups is 1. The first-order chi connectivity index (χ1) is 9.68. The molecule has 6 heteroatoms. The van der Waals surface area contributed by atoms with E-state index in [1.807, 2.05) is 0 Å². The second-order valence-electron chi connectivity index (χ2n) is 5.96. The number of carbonyl (C=O) groups excluding carboxylic acids is 1. The van der Waals surface area contributed by atoms with Gasteiger partial charge in [-0.2, -0.15) is 0 Å². The molecule has 1 aliphatic rings. The number of epoxide rings is 1. The van der Waals surface area contributed by atoms with Crippen LogP contribution < -0.4 is 0 Å². The van der Waals surface area contributed by atoms with E-state index in [0.29, 0.717) is 6.54 Å². The Morgan fingerprint density at radius 3 is 2.24 bits per heavy atom. The van der Waals surface area contributed by atoms with Crippen LogP contribution in [0, 0.1) is 11.6 Å². The lowest BCUT2D eigenvalue weighted by atomic mass is 10.1. The van der Waals surface area contributed by atoms with E-state index in [-0.39, 0.29) is 12.2 Å². The predicted octanol–water partition coefficient (Wildman–Crippen LogP) is 3.40. The average molecular weight is 299 g/mol. The zero-order chi connectivity index (χ0) is 15.8. The number of hydrogen-bond acceptors (Lipinski definition) is 3. The third-order valence-corrected chi connectivity index (χ3v) is 3.10. The molecule has 0 aliphatic carbocycles. The summed E-state index contributed by atoms with van der Waals surface area (Å²) in [6.07, 6.45) is -0.577. The number of benzene rings is 1. The van der Waals surface area contributed by atoms with Crippen molar-refractivity contribution in [3.8, 4) is 0 Å². The minimum Gasteiger partial charge on any atom is -0.444 e. The van der Waals surface area contributed by atoms with E-state index in [4.69, 9.17) is 9.47 Å². The van der Waals surface area contributed by atoms with Gasteiger partial charge in [0, 0.05) is 18.2 Å². The Morgan fingerprint density at radius 2 is 1.86 bits per heavy atom. The highest BCUT2D eigenvalue weighted by atomic mass is 19.1. The van der Waals surface area contributed by atoms with Crippen LogP contribution in [0.4, 0.5) is 13.6 Å². The lowest BCUT2D eigenvalue weighted by molar-refractivity contribution is -0.00405. The zero-order valence-corrected chi connectivity index (χ0v) is 12.6. The van der Waals surface area contributed by atoms with Crippen LogP contribution in [-0.4, -0.2) is 29.7 Å². The average Bonchev–Trinajstić information content (AvgIpc) is 3.07. The summed E-state index contributed by atoms with van der Waals surface area (Å²) in [4.78, 5) is 13.6. The van der Waals surface area contributed by atoms with Gasteiger partial charge in [0.25, 0.3) is 0 Å². The SMILES string of the molecule is CCN(C(=O)OC(C)(C)C)C1(c2cc(F)cc(F)c2)CO1. The van der Waals surface area contributed by atoms with Crippen molar-refractivity contribution in [1.29, 1.82) is 0 Å². The van der Waals surface area contributed by atoms with E-state index < -0.39 is 29.1 Å². The van der Waals surface area contributed by atoms with Gasteiger partial charge in [0.2, 0.25) is 0 Å². The molecule has 0 radical (unpaired) electrons. The standard InChI is InChI=1S/C15H19F2NO3/c1-5-18(13(19)21-14(2,3)4)15(9-20-15)10-6-11(16)8-12(17)7-10/h6-8H,5,9H2,1-4H3. The molecule has 0 N–H and O–H groups in total. The Kier molecular flexibility index (Phi) is 3.93. The van der Waals surface area contributed by atoms with Crippen LogP contribution in [0.5, 0.6) is 0 Å². The molecule has 0 saturated carbocycles. The molecule has 21 heavy (non-hydrogen) atoms. The summed E-state index contributed by atoms with van der Waals surface area (Å²) in [6, 6.07) is 3.12. The molecule has 4 nitrogen and oxygen atoms in total. The number of halogens is 2. The van der Waals surface area contributed by atoms with E-state index >= 15 is 0 Å². The van der Waals surface area contributed by atoms with Crippen LogP contribution in [-0.2, 0) is 15.2 Å². The number of ether oxygens (including phenoxy) is 2. The second-order valence-corrected chi connectivity index (χ2v) is 5.96. The molecule has 1 aromatic rings. The first-order valence-corrected chi connectivity index (χ1v) is 6.79. The van der Waals surface area contributed by atoms with E-state index in [1.54, 1.807) is 27.7 Å². The molecule has 116 valence electrons. The van der Waals surface area contributed by atoms with Gasteiger partial charge in [-0.05, 0) is 39.8 Å². The molecule has 1 amide bonds. The van der Waals surface area contributed by atoms with Crippen LogP contribution in [0.3, 0.4) is 0 Å². The van der Waals surface area contributed by atoms with Crippen molar-refractivity contribution in [2.24, 2.45) is 0 Å². The number of rotatable bonds is 3. The van der Waals surface area contributed by atoms with Crippen molar-refractivity contribution in [2.45, 2.75) is 39.0 Å². The van der Waals surface area contributed by atoms with Crippen molar-refractivity contribution in [3.63, 3.8) is 0 Å². The maximum absolute atomic E-state index is 13.4. The summed E-state index contributed by atoms with van der Waals surface area (Å²) in [7, 11) is 0. The van der Waals surface area contributed by atoms with Crippen molar-refractivity contribution < 1.29 is 23.0 Å². The minimum absolute atomic E-state index is 0.184. The van der Waals surface area contributed by atoms with E-state index in [1.165, 1.54) is 17.0 Å². The van der Waals surface area contributed by atoms with Crippen molar-refractivity contribution >= 4 is 6.09 Å². The van der Waals surface area contributed by atoms with Gasteiger partial charge in [-0.25, -0.2) is 13.6 Å². The molecule has 0 spiro atoms. The Morgan fingerprint density at radius 1 is 1.33 bits per heavy atom. The Bertz CT molecular complexity index is 530. The molecule has 1 atom stereocenters. The summed E-state index contributed by atoms with van der Waals surface area (Å²) >= 11 is 0. The number of nitrogens with zero attached hydrogens (tertiary/aromatic N) is 1. The molecule has 1 aliphatic heterocycles. The molecule has 1 saturated heterocycles. The van der Waals surface area contributed by atoms with Crippen molar-refractivity contribution in [3.05, 3.63) is 35.4 Å². The van der Waals surface area contributed by atoms with Gasteiger partial charge >= 0.3 is 6.09 Å². The van der Waals surface area contributed by atoms with Gasteiger partial charge in [-0.15, -0.1) is 0 Å². The quantitative estimate of drug-likeness (QED) is 0.803. The normalized spacial score (nSPS) is 21.0. The van der Waals surface area contributed by atoms with Gasteiger partial charge in [0.15, 0.2) is 5.72 Å². The second kappa shape index (κ2) is 5.26. The lowest BCUT2D eigenvalue weighted by Crippen LogP contribution is -2.44. The molecule has 1 fully saturated rings. The summed E-state index contributed by atoms with van der Waals surface area (Å²) in [5, 5.41) is 0. The molecule has 2 rings (SSSR count). The van der Waals surface area contributed by atoms with E-state index in [9.17, 15) is 13.6 Å². The largest absolute Gasteiger partial charge is 0.444 e. The highest BCUT2D eigenvalue weighted by Crippen LogP contribution is 2.43. The maximum Gasteiger partial charge on any atom is 0.412 e. The Hall–Kier alpha value is -1.69. The first-order valence-electron chi connectivity index (χ1n) is 6.79. The highest BCUT2D eigenvalue weighted by Gasteiger charge is 2.55. The molecule has 1 aromatic carbocycles. The molecule has 0 bridgehead atoms. The number of amides is 1. The predicted molar refractivity (Wildman–Crippen MR) is 72.6 cm³/mol. The van der Waals surface area contributed by atoms with Crippen LogP contribution in [0.15, 0.2) is 18.2 Å². The van der Waals surface area contributed by atoms with Crippen LogP contribution >= 0.6 is 0 Å². The monoisotopic (exact) mass is 299 g/mol. The van der Waals surface area contributed by atoms with Crippen LogP contribution in [0.25, 0.3) is 0 Å². The summed E-state index contributed by atoms with van der Waals surface area (Å²) in [5.74, 6) is -1.42. The van der Waals surface area contributed by atoms with Gasteiger partial charge in [-0.3, -0.25) is 4.90 Å². The fourth-order valence-corrected chi connectivity index (χ4v) is 2.18. The number of likely N-dealkylation sites (N-methyl/N-ethyl adjacent to an activating group) is 1. The van der Waals surface area contributed by atoms with Gasteiger partial charge in [0.1, 0.15) is 23.8 Å². The third kappa shape index (κ3) is 3.32. The van der Waals surface area contributed by atoms with E-state index in [0.717, 1.165) is 6.07 Å². The maximum atomic E-state index is 13.4.